The summed E-state index contributed by atoms with van der Waals surface area (Å²) in [6.07, 6.45) is 1.34. The second-order valence-electron chi connectivity index (χ2n) is 3.50. The maximum absolute atomic E-state index is 11.6. The van der Waals surface area contributed by atoms with Gasteiger partial charge in [-0.1, -0.05) is 30.3 Å². The minimum absolute atomic E-state index is 0.221. The molecular weight excluding hydrogens is 218 g/mol. The molecule has 2 rings (SSSR count). The van der Waals surface area contributed by atoms with Gasteiger partial charge in [0.05, 0.1) is 5.56 Å². The van der Waals surface area contributed by atoms with Crippen LogP contribution < -0.4 is 5.56 Å². The number of ether oxygens (including phenoxy) is 1. The van der Waals surface area contributed by atoms with Crippen molar-refractivity contribution in [2.45, 2.75) is 6.61 Å². The number of carbonyl (C=O) groups is 1. The average Bonchev–Trinajstić information content (AvgIpc) is 2.38. The number of H-pyrrole nitrogens is 1. The highest BCUT2D eigenvalue weighted by Crippen LogP contribution is 2.04. The van der Waals surface area contributed by atoms with Crippen LogP contribution in [0.4, 0.5) is 0 Å². The molecule has 17 heavy (non-hydrogen) atoms. The quantitative estimate of drug-likeness (QED) is 0.815. The lowest BCUT2D eigenvalue weighted by Gasteiger charge is -2.04. The molecule has 0 aliphatic rings. The molecule has 0 amide bonds. The summed E-state index contributed by atoms with van der Waals surface area (Å²) in [4.78, 5) is 24.8. The van der Waals surface area contributed by atoms with Crippen molar-refractivity contribution in [1.29, 1.82) is 0 Å². The molecule has 0 aliphatic heterocycles. The molecule has 4 nitrogen and oxygen atoms in total. The second-order valence-corrected chi connectivity index (χ2v) is 3.50. The van der Waals surface area contributed by atoms with E-state index in [-0.39, 0.29) is 12.2 Å². The number of aromatic amines is 1. The molecule has 0 unspecified atom stereocenters. The summed E-state index contributed by atoms with van der Waals surface area (Å²) in [5, 5.41) is 0. The fraction of sp³-hybridized carbons (Fsp3) is 0.0769. The molecule has 4 heteroatoms. The van der Waals surface area contributed by atoms with Gasteiger partial charge in [0, 0.05) is 12.3 Å². The fourth-order valence-electron chi connectivity index (χ4n) is 1.34. The zero-order valence-electron chi connectivity index (χ0n) is 9.05. The van der Waals surface area contributed by atoms with Crippen LogP contribution in [0.1, 0.15) is 15.9 Å². The van der Waals surface area contributed by atoms with E-state index in [4.69, 9.17) is 4.74 Å². The van der Waals surface area contributed by atoms with Gasteiger partial charge in [0.2, 0.25) is 5.56 Å². The highest BCUT2D eigenvalue weighted by Gasteiger charge is 2.06. The normalized spacial score (nSPS) is 9.88. The number of carbonyl (C=O) groups excluding carboxylic acids is 1. The molecule has 0 radical (unpaired) electrons. The Hall–Kier alpha value is -2.36. The summed E-state index contributed by atoms with van der Waals surface area (Å²) in [6.45, 7) is 0.221. The first kappa shape index (κ1) is 11.1. The number of benzene rings is 1. The minimum Gasteiger partial charge on any atom is -0.457 e. The van der Waals surface area contributed by atoms with Gasteiger partial charge in [-0.2, -0.15) is 0 Å². The first-order valence-corrected chi connectivity index (χ1v) is 5.15. The molecule has 1 aromatic heterocycles. The van der Waals surface area contributed by atoms with Crippen molar-refractivity contribution in [1.82, 2.24) is 4.98 Å². The van der Waals surface area contributed by atoms with E-state index in [1.807, 2.05) is 30.3 Å². The SMILES string of the molecule is O=C(OCc1ccccc1)c1ccc(=O)[nH]c1. The van der Waals surface area contributed by atoms with E-state index < -0.39 is 5.97 Å². The van der Waals surface area contributed by atoms with Crippen LogP contribution in [0.3, 0.4) is 0 Å². The van der Waals surface area contributed by atoms with Gasteiger partial charge in [0.1, 0.15) is 6.61 Å². The third-order valence-corrected chi connectivity index (χ3v) is 2.23. The summed E-state index contributed by atoms with van der Waals surface area (Å²) in [5.74, 6) is -0.454. The van der Waals surface area contributed by atoms with Crippen molar-refractivity contribution in [2.75, 3.05) is 0 Å². The van der Waals surface area contributed by atoms with E-state index in [0.717, 1.165) is 5.56 Å². The van der Waals surface area contributed by atoms with E-state index in [1.165, 1.54) is 18.3 Å². The van der Waals surface area contributed by atoms with Gasteiger partial charge in [-0.25, -0.2) is 4.79 Å². The van der Waals surface area contributed by atoms with E-state index in [2.05, 4.69) is 4.98 Å². The van der Waals surface area contributed by atoms with Gasteiger partial charge in [-0.3, -0.25) is 4.79 Å². The summed E-state index contributed by atoms with van der Waals surface area (Å²) < 4.78 is 5.09. The van der Waals surface area contributed by atoms with Gasteiger partial charge in [-0.15, -0.1) is 0 Å². The number of nitrogens with one attached hydrogen (secondary N) is 1. The van der Waals surface area contributed by atoms with Crippen LogP contribution in [0, 0.1) is 0 Å². The summed E-state index contributed by atoms with van der Waals surface area (Å²) in [5.41, 5.74) is 1.01. The summed E-state index contributed by atoms with van der Waals surface area (Å²) in [6, 6.07) is 12.1. The average molecular weight is 229 g/mol. The smallest absolute Gasteiger partial charge is 0.339 e. The van der Waals surface area contributed by atoms with Crippen molar-refractivity contribution in [3.8, 4) is 0 Å². The van der Waals surface area contributed by atoms with E-state index in [1.54, 1.807) is 0 Å². The van der Waals surface area contributed by atoms with Crippen LogP contribution in [0.15, 0.2) is 53.5 Å². The Morgan fingerprint density at radius 3 is 2.53 bits per heavy atom. The van der Waals surface area contributed by atoms with Gasteiger partial charge >= 0.3 is 5.97 Å². The van der Waals surface area contributed by atoms with Gasteiger partial charge in [0.15, 0.2) is 0 Å². The van der Waals surface area contributed by atoms with Gasteiger partial charge < -0.3 is 9.72 Å². The Kier molecular flexibility index (Phi) is 3.35. The lowest BCUT2D eigenvalue weighted by atomic mass is 10.2. The zero-order chi connectivity index (χ0) is 12.1. The number of rotatable bonds is 3. The van der Waals surface area contributed by atoms with E-state index in [9.17, 15) is 9.59 Å². The standard InChI is InChI=1S/C13H11NO3/c15-12-7-6-11(8-14-12)13(16)17-9-10-4-2-1-3-5-10/h1-8H,9H2,(H,14,15). The number of aromatic nitrogens is 1. The zero-order valence-corrected chi connectivity index (χ0v) is 9.05. The Balaban J connectivity index is 1.98. The third kappa shape index (κ3) is 3.04. The summed E-state index contributed by atoms with van der Waals surface area (Å²) in [7, 11) is 0. The molecule has 0 aliphatic carbocycles. The predicted molar refractivity (Wildman–Crippen MR) is 62.6 cm³/mol. The Morgan fingerprint density at radius 1 is 1.12 bits per heavy atom. The molecule has 1 aromatic carbocycles. The monoisotopic (exact) mass is 229 g/mol. The molecular formula is C13H11NO3. The second kappa shape index (κ2) is 5.12. The highest BCUT2D eigenvalue weighted by atomic mass is 16.5. The lowest BCUT2D eigenvalue weighted by molar-refractivity contribution is 0.0472. The largest absolute Gasteiger partial charge is 0.457 e. The molecule has 2 aromatic rings. The van der Waals surface area contributed by atoms with Crippen molar-refractivity contribution in [2.24, 2.45) is 0 Å². The molecule has 0 saturated carbocycles. The number of esters is 1. The van der Waals surface area contributed by atoms with Crippen LogP contribution in [0.25, 0.3) is 0 Å². The molecule has 0 atom stereocenters. The lowest BCUT2D eigenvalue weighted by Crippen LogP contribution is -2.09. The van der Waals surface area contributed by atoms with Gasteiger partial charge in [0.25, 0.3) is 0 Å². The van der Waals surface area contributed by atoms with Crippen molar-refractivity contribution in [3.05, 3.63) is 70.1 Å². The fourth-order valence-corrected chi connectivity index (χ4v) is 1.34. The van der Waals surface area contributed by atoms with Crippen LogP contribution in [-0.4, -0.2) is 11.0 Å². The first-order chi connectivity index (χ1) is 8.25. The Bertz CT molecular complexity index is 540. The summed E-state index contributed by atoms with van der Waals surface area (Å²) >= 11 is 0. The highest BCUT2D eigenvalue weighted by molar-refractivity contribution is 5.88. The molecule has 1 N–H and O–H groups in total. The molecule has 0 fully saturated rings. The molecule has 0 spiro atoms. The van der Waals surface area contributed by atoms with Crippen molar-refractivity contribution < 1.29 is 9.53 Å². The van der Waals surface area contributed by atoms with Crippen LogP contribution >= 0.6 is 0 Å². The van der Waals surface area contributed by atoms with Crippen LogP contribution in [0.2, 0.25) is 0 Å². The topological polar surface area (TPSA) is 59.2 Å². The number of hydrogen-bond acceptors (Lipinski definition) is 3. The van der Waals surface area contributed by atoms with Crippen LogP contribution in [0.5, 0.6) is 0 Å². The Morgan fingerprint density at radius 2 is 1.88 bits per heavy atom. The molecule has 0 bridgehead atoms. The Labute approximate surface area is 97.9 Å². The molecule has 86 valence electrons. The maximum Gasteiger partial charge on any atom is 0.339 e. The van der Waals surface area contributed by atoms with E-state index in [0.29, 0.717) is 5.56 Å². The minimum atomic E-state index is -0.454. The van der Waals surface area contributed by atoms with Crippen molar-refractivity contribution >= 4 is 5.97 Å². The predicted octanol–water partition coefficient (Wildman–Crippen LogP) is 1.73. The third-order valence-electron chi connectivity index (χ3n) is 2.23. The molecule has 0 saturated heterocycles. The van der Waals surface area contributed by atoms with Gasteiger partial charge in [-0.05, 0) is 11.6 Å². The molecule has 1 heterocycles. The maximum atomic E-state index is 11.6. The van der Waals surface area contributed by atoms with E-state index >= 15 is 0 Å². The van der Waals surface area contributed by atoms with Crippen LogP contribution in [-0.2, 0) is 11.3 Å². The first-order valence-electron chi connectivity index (χ1n) is 5.15. The van der Waals surface area contributed by atoms with Crippen molar-refractivity contribution in [3.63, 3.8) is 0 Å². The number of hydrogen-bond donors (Lipinski definition) is 1. The number of pyridine rings is 1.